The second kappa shape index (κ2) is 11.0. The van der Waals surface area contributed by atoms with Gasteiger partial charge in [0.2, 0.25) is 10.0 Å². The Morgan fingerprint density at radius 2 is 1.42 bits per heavy atom. The Kier molecular flexibility index (Phi) is 7.99. The van der Waals surface area contributed by atoms with Crippen LogP contribution in [0.25, 0.3) is 0 Å². The molecule has 0 saturated carbocycles. The quantitative estimate of drug-likeness (QED) is 0.434. The van der Waals surface area contributed by atoms with Gasteiger partial charge in [0, 0.05) is 24.3 Å². The fourth-order valence-electron chi connectivity index (χ4n) is 3.89. The van der Waals surface area contributed by atoms with E-state index in [4.69, 9.17) is 11.6 Å². The van der Waals surface area contributed by atoms with Crippen LogP contribution in [0, 0.1) is 0 Å². The Morgan fingerprint density at radius 3 is 2.03 bits per heavy atom. The summed E-state index contributed by atoms with van der Waals surface area (Å²) in [5.41, 5.74) is 0.767. The molecular formula is C25H26ClN3O5S2. The summed E-state index contributed by atoms with van der Waals surface area (Å²) in [5, 5.41) is 2.76. The minimum Gasteiger partial charge on any atom is -0.322 e. The van der Waals surface area contributed by atoms with Crippen LogP contribution in [0.1, 0.15) is 36.0 Å². The van der Waals surface area contributed by atoms with E-state index >= 15 is 0 Å². The van der Waals surface area contributed by atoms with Crippen molar-refractivity contribution in [2.45, 2.75) is 35.5 Å². The molecule has 0 bridgehead atoms. The number of carbonyl (C=O) groups is 1. The van der Waals surface area contributed by atoms with E-state index in [2.05, 4.69) is 10.0 Å². The van der Waals surface area contributed by atoms with Crippen LogP contribution >= 0.6 is 11.6 Å². The van der Waals surface area contributed by atoms with E-state index in [-0.39, 0.29) is 26.1 Å². The topological polar surface area (TPSA) is 113 Å². The van der Waals surface area contributed by atoms with E-state index in [1.807, 2.05) is 0 Å². The second-order valence-corrected chi connectivity index (χ2v) is 12.4. The Balaban J connectivity index is 1.44. The predicted molar refractivity (Wildman–Crippen MR) is 140 cm³/mol. The second-order valence-electron chi connectivity index (χ2n) is 8.41. The molecule has 0 spiro atoms. The van der Waals surface area contributed by atoms with E-state index in [9.17, 15) is 21.6 Å². The van der Waals surface area contributed by atoms with E-state index < -0.39 is 26.0 Å². The first kappa shape index (κ1) is 26.2. The smallest absolute Gasteiger partial charge is 0.261 e. The average Bonchev–Trinajstić information content (AvgIpc) is 3.16. The molecule has 0 atom stereocenters. The lowest BCUT2D eigenvalue weighted by Gasteiger charge is -2.20. The molecule has 3 aromatic rings. The first-order valence-corrected chi connectivity index (χ1v) is 14.8. The zero-order valence-electron chi connectivity index (χ0n) is 19.4. The fourth-order valence-corrected chi connectivity index (χ4v) is 6.79. The summed E-state index contributed by atoms with van der Waals surface area (Å²) in [7, 11) is -7.41. The number of sulfonamides is 2. The van der Waals surface area contributed by atoms with Crippen molar-refractivity contribution in [3.8, 4) is 0 Å². The maximum absolute atomic E-state index is 12.9. The van der Waals surface area contributed by atoms with Crippen molar-refractivity contribution < 1.29 is 21.6 Å². The lowest BCUT2D eigenvalue weighted by Crippen LogP contribution is -2.31. The molecular weight excluding hydrogens is 522 g/mol. The molecule has 0 unspecified atom stereocenters. The molecule has 11 heteroatoms. The zero-order valence-corrected chi connectivity index (χ0v) is 21.7. The number of benzene rings is 3. The first-order chi connectivity index (χ1) is 17.2. The molecule has 1 aliphatic rings. The molecule has 0 aliphatic carbocycles. The summed E-state index contributed by atoms with van der Waals surface area (Å²) in [5.74, 6) is -0.475. The zero-order chi connectivity index (χ0) is 25.8. The minimum absolute atomic E-state index is 0.0565. The fraction of sp³-hybridized carbons (Fsp3) is 0.240. The number of nitrogens with zero attached hydrogens (tertiary/aromatic N) is 1. The van der Waals surface area contributed by atoms with Crippen LogP contribution in [0.4, 0.5) is 11.4 Å². The average molecular weight is 548 g/mol. The first-order valence-electron chi connectivity index (χ1n) is 11.5. The highest BCUT2D eigenvalue weighted by Gasteiger charge is 2.25. The van der Waals surface area contributed by atoms with Gasteiger partial charge in [0.25, 0.3) is 15.9 Å². The van der Waals surface area contributed by atoms with Gasteiger partial charge in [-0.3, -0.25) is 9.52 Å². The molecule has 0 aromatic heterocycles. The highest BCUT2D eigenvalue weighted by molar-refractivity contribution is 7.92. The van der Waals surface area contributed by atoms with E-state index in [0.717, 1.165) is 25.7 Å². The lowest BCUT2D eigenvalue weighted by molar-refractivity contribution is 0.102. The number of hydrogen-bond donors (Lipinski definition) is 2. The van der Waals surface area contributed by atoms with E-state index in [1.165, 1.54) is 58.9 Å². The Hall–Kier alpha value is -2.92. The van der Waals surface area contributed by atoms with Gasteiger partial charge in [0.05, 0.1) is 20.5 Å². The molecule has 190 valence electrons. The Morgan fingerprint density at radius 1 is 0.778 bits per heavy atom. The van der Waals surface area contributed by atoms with Gasteiger partial charge < -0.3 is 5.32 Å². The van der Waals surface area contributed by atoms with Crippen LogP contribution in [0.3, 0.4) is 0 Å². The number of nitrogens with one attached hydrogen (secondary N) is 2. The number of rotatable bonds is 7. The summed E-state index contributed by atoms with van der Waals surface area (Å²) in [6.45, 7) is 1.03. The minimum atomic E-state index is -3.83. The van der Waals surface area contributed by atoms with Crippen molar-refractivity contribution in [1.29, 1.82) is 0 Å². The highest BCUT2D eigenvalue weighted by atomic mass is 35.5. The highest BCUT2D eigenvalue weighted by Crippen LogP contribution is 2.27. The summed E-state index contributed by atoms with van der Waals surface area (Å²) in [6.07, 6.45) is 3.76. The molecule has 3 aromatic carbocycles. The van der Waals surface area contributed by atoms with Crippen LogP contribution in [0.2, 0.25) is 5.02 Å². The number of halogens is 1. The van der Waals surface area contributed by atoms with Crippen molar-refractivity contribution in [3.63, 3.8) is 0 Å². The number of anilines is 2. The van der Waals surface area contributed by atoms with Gasteiger partial charge in [0.15, 0.2) is 0 Å². The van der Waals surface area contributed by atoms with Gasteiger partial charge in [-0.25, -0.2) is 16.8 Å². The normalized spacial score (nSPS) is 15.1. The molecule has 1 amide bonds. The molecule has 8 nitrogen and oxygen atoms in total. The van der Waals surface area contributed by atoms with Gasteiger partial charge in [-0.1, -0.05) is 42.6 Å². The van der Waals surface area contributed by atoms with Crippen molar-refractivity contribution in [2.24, 2.45) is 0 Å². The third-order valence-corrected chi connectivity index (χ3v) is 9.45. The summed E-state index contributed by atoms with van der Waals surface area (Å²) in [6, 6.07) is 18.1. The number of hydrogen-bond acceptors (Lipinski definition) is 5. The molecule has 1 heterocycles. The van der Waals surface area contributed by atoms with Crippen LogP contribution in [0.15, 0.2) is 82.6 Å². The standard InChI is InChI=1S/C25H26ClN3O5S2/c26-23-18-19(10-15-24(23)28-35(31,32)21-8-4-3-5-9-21)25(30)27-20-11-13-22(14-12-20)36(33,34)29-16-6-1-2-7-17-29/h3-5,8-15,18,28H,1-2,6-7,16-17H2,(H,27,30). The lowest BCUT2D eigenvalue weighted by atomic mass is 10.2. The molecule has 2 N–H and O–H groups in total. The largest absolute Gasteiger partial charge is 0.322 e. The Labute approximate surface area is 216 Å². The maximum Gasteiger partial charge on any atom is 0.261 e. The molecule has 1 aliphatic heterocycles. The van der Waals surface area contributed by atoms with Crippen molar-refractivity contribution in [2.75, 3.05) is 23.1 Å². The van der Waals surface area contributed by atoms with E-state index in [0.29, 0.717) is 18.8 Å². The van der Waals surface area contributed by atoms with E-state index in [1.54, 1.807) is 18.2 Å². The van der Waals surface area contributed by atoms with Crippen LogP contribution in [0.5, 0.6) is 0 Å². The number of carbonyl (C=O) groups excluding carboxylic acids is 1. The molecule has 36 heavy (non-hydrogen) atoms. The summed E-state index contributed by atoms with van der Waals surface area (Å²) >= 11 is 6.25. The van der Waals surface area contributed by atoms with Gasteiger partial charge >= 0.3 is 0 Å². The predicted octanol–water partition coefficient (Wildman–Crippen LogP) is 4.96. The van der Waals surface area contributed by atoms with Crippen LogP contribution in [-0.2, 0) is 20.0 Å². The van der Waals surface area contributed by atoms with Gasteiger partial charge in [0.1, 0.15) is 0 Å². The monoisotopic (exact) mass is 547 g/mol. The van der Waals surface area contributed by atoms with Crippen LogP contribution < -0.4 is 10.0 Å². The van der Waals surface area contributed by atoms with Crippen molar-refractivity contribution in [3.05, 3.63) is 83.4 Å². The van der Waals surface area contributed by atoms with Gasteiger partial charge in [-0.05, 0) is 67.4 Å². The molecule has 4 rings (SSSR count). The molecule has 0 radical (unpaired) electrons. The third kappa shape index (κ3) is 6.07. The summed E-state index contributed by atoms with van der Waals surface area (Å²) < 4.78 is 54.9. The van der Waals surface area contributed by atoms with Crippen LogP contribution in [-0.4, -0.2) is 40.1 Å². The molecule has 1 fully saturated rings. The Bertz CT molecular complexity index is 1440. The maximum atomic E-state index is 12.9. The van der Waals surface area contributed by atoms with Crippen molar-refractivity contribution >= 4 is 48.9 Å². The van der Waals surface area contributed by atoms with Gasteiger partial charge in [-0.2, -0.15) is 4.31 Å². The van der Waals surface area contributed by atoms with Crippen molar-refractivity contribution in [1.82, 2.24) is 4.31 Å². The SMILES string of the molecule is O=C(Nc1ccc(S(=O)(=O)N2CCCCCC2)cc1)c1ccc(NS(=O)(=O)c2ccccc2)c(Cl)c1. The number of amides is 1. The third-order valence-electron chi connectivity index (χ3n) is 5.84. The van der Waals surface area contributed by atoms with Gasteiger partial charge in [-0.15, -0.1) is 0 Å². The summed E-state index contributed by atoms with van der Waals surface area (Å²) in [4.78, 5) is 13.0. The molecule has 1 saturated heterocycles.